The SMILES string of the molecule is Cn1cnc2cc(N3CCCc4cc(C(=O)N5CCCCC5)cnc43)ccc2c1=O. The minimum absolute atomic E-state index is 0.0513. The molecule has 0 N–H and O–H groups in total. The lowest BCUT2D eigenvalue weighted by atomic mass is 10.0. The first kappa shape index (κ1) is 18.8. The van der Waals surface area contributed by atoms with Crippen LogP contribution in [0.2, 0.25) is 0 Å². The summed E-state index contributed by atoms with van der Waals surface area (Å²) >= 11 is 0. The van der Waals surface area contributed by atoms with E-state index in [2.05, 4.69) is 9.88 Å². The molecule has 2 aliphatic rings. The van der Waals surface area contributed by atoms with Gasteiger partial charge in [0.2, 0.25) is 0 Å². The molecule has 0 spiro atoms. The number of hydrogen-bond acceptors (Lipinski definition) is 5. The maximum absolute atomic E-state index is 12.9. The van der Waals surface area contributed by atoms with Crippen molar-refractivity contribution in [3.05, 3.63) is 58.3 Å². The van der Waals surface area contributed by atoms with Crippen LogP contribution in [-0.4, -0.2) is 45.0 Å². The van der Waals surface area contributed by atoms with E-state index < -0.39 is 0 Å². The van der Waals surface area contributed by atoms with Gasteiger partial charge in [-0.25, -0.2) is 9.97 Å². The predicted molar refractivity (Wildman–Crippen MR) is 116 cm³/mol. The van der Waals surface area contributed by atoms with E-state index >= 15 is 0 Å². The van der Waals surface area contributed by atoms with Crippen LogP contribution in [0.4, 0.5) is 11.5 Å². The normalized spacial score (nSPS) is 16.6. The zero-order valence-electron chi connectivity index (χ0n) is 17.2. The number of carbonyl (C=O) groups is 1. The van der Waals surface area contributed by atoms with Crippen molar-refractivity contribution in [1.82, 2.24) is 19.4 Å². The van der Waals surface area contributed by atoms with Crippen molar-refractivity contribution in [1.29, 1.82) is 0 Å². The number of piperidine rings is 1. The molecule has 30 heavy (non-hydrogen) atoms. The summed E-state index contributed by atoms with van der Waals surface area (Å²) in [4.78, 5) is 38.4. The minimum Gasteiger partial charge on any atom is -0.339 e. The molecule has 0 unspecified atom stereocenters. The molecule has 7 nitrogen and oxygen atoms in total. The quantitative estimate of drug-likeness (QED) is 0.658. The van der Waals surface area contributed by atoms with Crippen LogP contribution in [0.25, 0.3) is 10.9 Å². The van der Waals surface area contributed by atoms with Crippen LogP contribution in [0.5, 0.6) is 0 Å². The highest BCUT2D eigenvalue weighted by Gasteiger charge is 2.24. The fraction of sp³-hybridized carbons (Fsp3) is 0.391. The summed E-state index contributed by atoms with van der Waals surface area (Å²) in [5, 5.41) is 0.608. The van der Waals surface area contributed by atoms with Crippen LogP contribution < -0.4 is 10.5 Å². The Morgan fingerprint density at radius 3 is 2.67 bits per heavy atom. The summed E-state index contributed by atoms with van der Waals surface area (Å²) in [6.45, 7) is 2.52. The van der Waals surface area contributed by atoms with Gasteiger partial charge in [-0.2, -0.15) is 0 Å². The number of likely N-dealkylation sites (tertiary alicyclic amines) is 1. The molecule has 0 bridgehead atoms. The van der Waals surface area contributed by atoms with Crippen molar-refractivity contribution in [2.75, 3.05) is 24.5 Å². The van der Waals surface area contributed by atoms with Crippen LogP contribution in [0, 0.1) is 0 Å². The number of anilines is 2. The molecule has 2 aromatic heterocycles. The molecule has 1 saturated heterocycles. The van der Waals surface area contributed by atoms with Gasteiger partial charge in [0, 0.05) is 38.6 Å². The number of nitrogens with zero attached hydrogens (tertiary/aromatic N) is 5. The zero-order valence-corrected chi connectivity index (χ0v) is 17.2. The maximum atomic E-state index is 12.9. The smallest absolute Gasteiger partial charge is 0.260 e. The first-order valence-corrected chi connectivity index (χ1v) is 10.6. The molecule has 7 heteroatoms. The number of carbonyl (C=O) groups excluding carboxylic acids is 1. The molecule has 5 rings (SSSR count). The number of aromatic nitrogens is 3. The van der Waals surface area contributed by atoms with Gasteiger partial charge in [-0.05, 0) is 61.9 Å². The average Bonchev–Trinajstić information content (AvgIpc) is 2.80. The highest BCUT2D eigenvalue weighted by molar-refractivity contribution is 5.94. The largest absolute Gasteiger partial charge is 0.339 e. The number of rotatable bonds is 2. The average molecular weight is 403 g/mol. The monoisotopic (exact) mass is 403 g/mol. The summed E-state index contributed by atoms with van der Waals surface area (Å²) in [5.74, 6) is 0.979. The molecular formula is C23H25N5O2. The third-order valence-electron chi connectivity index (χ3n) is 6.13. The lowest BCUT2D eigenvalue weighted by molar-refractivity contribution is 0.0724. The second-order valence-corrected chi connectivity index (χ2v) is 8.18. The molecule has 0 saturated carbocycles. The van der Waals surface area contributed by atoms with Crippen molar-refractivity contribution in [2.45, 2.75) is 32.1 Å². The fourth-order valence-electron chi connectivity index (χ4n) is 4.48. The van der Waals surface area contributed by atoms with Crippen LogP contribution in [0.15, 0.2) is 41.6 Å². The van der Waals surface area contributed by atoms with Crippen molar-refractivity contribution < 1.29 is 4.79 Å². The molecule has 0 radical (unpaired) electrons. The van der Waals surface area contributed by atoms with Crippen molar-refractivity contribution >= 4 is 28.3 Å². The summed E-state index contributed by atoms with van der Waals surface area (Å²) < 4.78 is 1.49. The van der Waals surface area contributed by atoms with Gasteiger partial charge in [0.1, 0.15) is 5.82 Å². The highest BCUT2D eigenvalue weighted by Crippen LogP contribution is 2.33. The van der Waals surface area contributed by atoms with Gasteiger partial charge in [0.05, 0.1) is 22.8 Å². The van der Waals surface area contributed by atoms with Gasteiger partial charge in [-0.3, -0.25) is 9.59 Å². The van der Waals surface area contributed by atoms with Gasteiger partial charge < -0.3 is 14.4 Å². The molecular weight excluding hydrogens is 378 g/mol. The standard InChI is InChI=1S/C23H25N5O2/c1-26-15-25-20-13-18(7-8-19(20)23(26)30)28-11-5-6-16-12-17(14-24-21(16)28)22(29)27-9-3-2-4-10-27/h7-8,12-15H,2-6,9-11H2,1H3. The first-order valence-electron chi connectivity index (χ1n) is 10.6. The lowest BCUT2D eigenvalue weighted by Crippen LogP contribution is -2.36. The Kier molecular flexibility index (Phi) is 4.73. The molecule has 4 heterocycles. The van der Waals surface area contributed by atoms with E-state index in [4.69, 9.17) is 4.98 Å². The Morgan fingerprint density at radius 1 is 1.00 bits per heavy atom. The Labute approximate surface area is 175 Å². The zero-order chi connectivity index (χ0) is 20.7. The topological polar surface area (TPSA) is 71.3 Å². The van der Waals surface area contributed by atoms with Crippen LogP contribution in [0.1, 0.15) is 41.6 Å². The molecule has 2 aliphatic heterocycles. The summed E-state index contributed by atoms with van der Waals surface area (Å²) in [6.07, 6.45) is 8.52. The molecule has 3 aromatic rings. The van der Waals surface area contributed by atoms with Crippen molar-refractivity contribution in [3.63, 3.8) is 0 Å². The molecule has 1 fully saturated rings. The summed E-state index contributed by atoms with van der Waals surface area (Å²) in [6, 6.07) is 7.75. The number of fused-ring (bicyclic) bond motifs is 2. The number of benzene rings is 1. The summed E-state index contributed by atoms with van der Waals surface area (Å²) in [5.41, 5.74) is 3.37. The number of pyridine rings is 1. The number of hydrogen-bond donors (Lipinski definition) is 0. The molecule has 0 aliphatic carbocycles. The Hall–Kier alpha value is -3.22. The van der Waals surface area contributed by atoms with E-state index in [0.717, 1.165) is 62.4 Å². The van der Waals surface area contributed by atoms with E-state index in [1.807, 2.05) is 29.2 Å². The van der Waals surface area contributed by atoms with E-state index in [1.54, 1.807) is 19.6 Å². The van der Waals surface area contributed by atoms with Crippen LogP contribution in [-0.2, 0) is 13.5 Å². The Balaban J connectivity index is 1.48. The first-order chi connectivity index (χ1) is 14.6. The Morgan fingerprint density at radius 2 is 1.83 bits per heavy atom. The van der Waals surface area contributed by atoms with Gasteiger partial charge >= 0.3 is 0 Å². The number of aryl methyl sites for hydroxylation is 2. The maximum Gasteiger partial charge on any atom is 0.260 e. The Bertz CT molecular complexity index is 1180. The van der Waals surface area contributed by atoms with Crippen molar-refractivity contribution in [3.8, 4) is 0 Å². The van der Waals surface area contributed by atoms with Gasteiger partial charge in [0.25, 0.3) is 11.5 Å². The fourth-order valence-corrected chi connectivity index (χ4v) is 4.48. The molecule has 1 amide bonds. The van der Waals surface area contributed by atoms with E-state index in [-0.39, 0.29) is 11.5 Å². The molecule has 0 atom stereocenters. The van der Waals surface area contributed by atoms with Gasteiger partial charge in [-0.1, -0.05) is 0 Å². The third kappa shape index (κ3) is 3.24. The molecule has 1 aromatic carbocycles. The minimum atomic E-state index is -0.0513. The summed E-state index contributed by atoms with van der Waals surface area (Å²) in [7, 11) is 1.70. The van der Waals surface area contributed by atoms with Gasteiger partial charge in [0.15, 0.2) is 0 Å². The second-order valence-electron chi connectivity index (χ2n) is 8.18. The number of amides is 1. The van der Waals surface area contributed by atoms with Crippen LogP contribution >= 0.6 is 0 Å². The van der Waals surface area contributed by atoms with Crippen molar-refractivity contribution in [2.24, 2.45) is 7.05 Å². The third-order valence-corrected chi connectivity index (χ3v) is 6.13. The molecule has 154 valence electrons. The lowest BCUT2D eigenvalue weighted by Gasteiger charge is -2.31. The van der Waals surface area contributed by atoms with E-state index in [9.17, 15) is 9.59 Å². The van der Waals surface area contributed by atoms with E-state index in [0.29, 0.717) is 16.5 Å². The highest BCUT2D eigenvalue weighted by atomic mass is 16.2. The van der Waals surface area contributed by atoms with Gasteiger partial charge in [-0.15, -0.1) is 0 Å². The van der Waals surface area contributed by atoms with Crippen LogP contribution in [0.3, 0.4) is 0 Å². The second kappa shape index (κ2) is 7.55. The predicted octanol–water partition coefficient (Wildman–Crippen LogP) is 3.04. The van der Waals surface area contributed by atoms with E-state index in [1.165, 1.54) is 11.0 Å².